The van der Waals surface area contributed by atoms with Gasteiger partial charge in [-0.3, -0.25) is 14.9 Å². The minimum absolute atomic E-state index is 0.0133. The Kier molecular flexibility index (Phi) is 5.83. The molecule has 0 spiro atoms. The summed E-state index contributed by atoms with van der Waals surface area (Å²) in [6.45, 7) is 2.02. The standard InChI is InChI=1S/C22H22ClF2N3O3/c1-2-17(27-22(29)11-3-5-12(23)6-4-11)19-14-9-13(10-15(14)19)26-21-18(28(30)31)8-7-16(24)20(21)25/h3-8,13-15,17,19,26H,2,9-10H2,1H3,(H,27,29)/t13?,14-,15+,17?,19?. The Bertz CT molecular complexity index is 1010. The molecule has 2 aliphatic carbocycles. The molecule has 5 atom stereocenters. The molecule has 2 aromatic carbocycles. The quantitative estimate of drug-likeness (QED) is 0.451. The summed E-state index contributed by atoms with van der Waals surface area (Å²) in [5, 5.41) is 17.7. The first-order valence-electron chi connectivity index (χ1n) is 10.3. The molecular formula is C22H22ClF2N3O3. The van der Waals surface area contributed by atoms with Crippen LogP contribution in [-0.2, 0) is 0 Å². The number of rotatable bonds is 7. The third-order valence-corrected chi connectivity index (χ3v) is 6.71. The number of carbonyl (C=O) groups excluding carboxylic acids is 1. The Labute approximate surface area is 183 Å². The first-order chi connectivity index (χ1) is 14.8. The molecule has 0 aliphatic heterocycles. The van der Waals surface area contributed by atoms with E-state index in [0.717, 1.165) is 18.6 Å². The van der Waals surface area contributed by atoms with Gasteiger partial charge in [0.1, 0.15) is 0 Å². The van der Waals surface area contributed by atoms with Crippen LogP contribution in [0.2, 0.25) is 5.02 Å². The second-order valence-corrected chi connectivity index (χ2v) is 8.66. The molecule has 6 nitrogen and oxygen atoms in total. The molecule has 31 heavy (non-hydrogen) atoms. The van der Waals surface area contributed by atoms with Crippen LogP contribution in [0.3, 0.4) is 0 Å². The van der Waals surface area contributed by atoms with Crippen molar-refractivity contribution in [1.82, 2.24) is 5.32 Å². The highest BCUT2D eigenvalue weighted by Crippen LogP contribution is 2.60. The average Bonchev–Trinajstić information content (AvgIpc) is 3.23. The summed E-state index contributed by atoms with van der Waals surface area (Å²) in [6.07, 6.45) is 2.16. The maximum atomic E-state index is 14.2. The van der Waals surface area contributed by atoms with Gasteiger partial charge in [0.2, 0.25) is 0 Å². The van der Waals surface area contributed by atoms with Gasteiger partial charge in [-0.2, -0.15) is 0 Å². The molecule has 0 saturated heterocycles. The topological polar surface area (TPSA) is 84.3 Å². The van der Waals surface area contributed by atoms with Crippen molar-refractivity contribution in [2.24, 2.45) is 17.8 Å². The minimum atomic E-state index is -1.23. The molecule has 0 heterocycles. The van der Waals surface area contributed by atoms with E-state index in [1.165, 1.54) is 0 Å². The molecule has 0 bridgehead atoms. The Morgan fingerprint density at radius 1 is 1.19 bits per heavy atom. The van der Waals surface area contributed by atoms with Crippen LogP contribution in [0.15, 0.2) is 36.4 Å². The van der Waals surface area contributed by atoms with Crippen LogP contribution >= 0.6 is 11.6 Å². The number of hydrogen-bond donors (Lipinski definition) is 2. The van der Waals surface area contributed by atoms with Gasteiger partial charge in [0.15, 0.2) is 17.3 Å². The Hall–Kier alpha value is -2.74. The molecule has 1 amide bonds. The van der Waals surface area contributed by atoms with Crippen molar-refractivity contribution in [2.75, 3.05) is 5.32 Å². The second-order valence-electron chi connectivity index (χ2n) is 8.23. The van der Waals surface area contributed by atoms with Crippen molar-refractivity contribution in [2.45, 2.75) is 38.3 Å². The van der Waals surface area contributed by atoms with Crippen LogP contribution in [0.1, 0.15) is 36.5 Å². The SMILES string of the molecule is CCC(NC(=O)c1ccc(Cl)cc1)C1[C@H]2CC(Nc3c([N+](=O)[O-])ccc(F)c3F)C[C@@H]12. The van der Waals surface area contributed by atoms with E-state index < -0.39 is 27.9 Å². The maximum Gasteiger partial charge on any atom is 0.295 e. The minimum Gasteiger partial charge on any atom is -0.374 e. The highest BCUT2D eigenvalue weighted by molar-refractivity contribution is 6.30. The number of nitrogens with one attached hydrogen (secondary N) is 2. The van der Waals surface area contributed by atoms with Gasteiger partial charge in [-0.25, -0.2) is 8.78 Å². The van der Waals surface area contributed by atoms with E-state index >= 15 is 0 Å². The van der Waals surface area contributed by atoms with E-state index in [1.54, 1.807) is 24.3 Å². The second kappa shape index (κ2) is 8.42. The van der Waals surface area contributed by atoms with E-state index in [9.17, 15) is 23.7 Å². The van der Waals surface area contributed by atoms with Crippen LogP contribution in [0.25, 0.3) is 0 Å². The van der Waals surface area contributed by atoms with Crippen molar-refractivity contribution in [1.29, 1.82) is 0 Å². The zero-order valence-corrected chi connectivity index (χ0v) is 17.5. The van der Waals surface area contributed by atoms with Crippen LogP contribution in [0.5, 0.6) is 0 Å². The largest absolute Gasteiger partial charge is 0.374 e. The van der Waals surface area contributed by atoms with E-state index in [-0.39, 0.29) is 18.0 Å². The summed E-state index contributed by atoms with van der Waals surface area (Å²) in [4.78, 5) is 23.0. The lowest BCUT2D eigenvalue weighted by molar-refractivity contribution is -0.384. The normalized spacial score (nSPS) is 24.9. The highest BCUT2D eigenvalue weighted by Gasteiger charge is 2.58. The van der Waals surface area contributed by atoms with E-state index in [4.69, 9.17) is 11.6 Å². The molecular weight excluding hydrogens is 428 g/mol. The summed E-state index contributed by atoms with van der Waals surface area (Å²) >= 11 is 5.87. The Morgan fingerprint density at radius 2 is 1.84 bits per heavy atom. The van der Waals surface area contributed by atoms with Gasteiger partial charge in [0, 0.05) is 28.7 Å². The van der Waals surface area contributed by atoms with Gasteiger partial charge in [0.05, 0.1) is 4.92 Å². The number of hydrogen-bond acceptors (Lipinski definition) is 4. The predicted molar refractivity (Wildman–Crippen MR) is 113 cm³/mol. The van der Waals surface area contributed by atoms with Gasteiger partial charge in [-0.05, 0) is 67.3 Å². The number of nitrogens with zero attached hydrogens (tertiary/aromatic N) is 1. The van der Waals surface area contributed by atoms with Gasteiger partial charge >= 0.3 is 0 Å². The molecule has 9 heteroatoms. The van der Waals surface area contributed by atoms with Gasteiger partial charge in [-0.15, -0.1) is 0 Å². The lowest BCUT2D eigenvalue weighted by atomic mass is 9.98. The van der Waals surface area contributed by atoms with Crippen LogP contribution < -0.4 is 10.6 Å². The van der Waals surface area contributed by atoms with Crippen molar-refractivity contribution in [3.05, 3.63) is 68.7 Å². The summed E-state index contributed by atoms with van der Waals surface area (Å²) in [5.41, 5.74) is -0.323. The summed E-state index contributed by atoms with van der Waals surface area (Å²) < 4.78 is 27.8. The number of amides is 1. The molecule has 164 valence electrons. The van der Waals surface area contributed by atoms with Crippen LogP contribution in [0, 0.1) is 39.5 Å². The molecule has 2 N–H and O–H groups in total. The summed E-state index contributed by atoms with van der Waals surface area (Å²) in [7, 11) is 0. The molecule has 4 rings (SSSR count). The zero-order chi connectivity index (χ0) is 22.3. The van der Waals surface area contributed by atoms with E-state index in [1.807, 2.05) is 6.92 Å². The number of fused-ring (bicyclic) bond motifs is 1. The van der Waals surface area contributed by atoms with Gasteiger partial charge < -0.3 is 10.6 Å². The first-order valence-corrected chi connectivity index (χ1v) is 10.6. The first kappa shape index (κ1) is 21.5. The zero-order valence-electron chi connectivity index (χ0n) is 16.8. The van der Waals surface area contributed by atoms with Crippen LogP contribution in [-0.4, -0.2) is 22.9 Å². The lowest BCUT2D eigenvalue weighted by Crippen LogP contribution is -2.38. The third kappa shape index (κ3) is 4.21. The third-order valence-electron chi connectivity index (χ3n) is 6.46. The van der Waals surface area contributed by atoms with Crippen LogP contribution in [0.4, 0.5) is 20.2 Å². The van der Waals surface area contributed by atoms with Crippen molar-refractivity contribution in [3.63, 3.8) is 0 Å². The van der Waals surface area contributed by atoms with E-state index in [0.29, 0.717) is 41.2 Å². The Balaban J connectivity index is 1.38. The molecule has 2 aliphatic rings. The number of anilines is 1. The average molecular weight is 450 g/mol. The molecule has 3 unspecified atom stereocenters. The van der Waals surface area contributed by atoms with Gasteiger partial charge in [-0.1, -0.05) is 18.5 Å². The molecule has 2 aromatic rings. The number of benzene rings is 2. The summed E-state index contributed by atoms with van der Waals surface area (Å²) in [5.74, 6) is -1.52. The fourth-order valence-corrected chi connectivity index (χ4v) is 5.09. The van der Waals surface area contributed by atoms with E-state index in [2.05, 4.69) is 10.6 Å². The van der Waals surface area contributed by atoms with Crippen molar-refractivity contribution in [3.8, 4) is 0 Å². The Morgan fingerprint density at radius 3 is 2.42 bits per heavy atom. The molecule has 2 fully saturated rings. The van der Waals surface area contributed by atoms with Crippen molar-refractivity contribution < 1.29 is 18.5 Å². The fourth-order valence-electron chi connectivity index (χ4n) is 4.96. The maximum absolute atomic E-state index is 14.2. The number of carbonyl (C=O) groups is 1. The smallest absolute Gasteiger partial charge is 0.295 e. The monoisotopic (exact) mass is 449 g/mol. The number of halogens is 3. The van der Waals surface area contributed by atoms with Crippen molar-refractivity contribution >= 4 is 28.9 Å². The predicted octanol–water partition coefficient (Wildman–Crippen LogP) is 5.17. The molecule has 0 radical (unpaired) electrons. The highest BCUT2D eigenvalue weighted by atomic mass is 35.5. The molecule has 0 aromatic heterocycles. The number of nitro benzene ring substituents is 1. The number of nitro groups is 1. The lowest BCUT2D eigenvalue weighted by Gasteiger charge is -2.23. The van der Waals surface area contributed by atoms with Gasteiger partial charge in [0.25, 0.3) is 11.6 Å². The molecule has 2 saturated carbocycles. The summed E-state index contributed by atoms with van der Waals surface area (Å²) in [6, 6.07) is 8.27. The fraction of sp³-hybridized carbons (Fsp3) is 0.409.